The maximum Gasteiger partial charge on any atom is 0.305 e. The number of pyridine rings is 1. The van der Waals surface area contributed by atoms with Crippen molar-refractivity contribution in [2.75, 3.05) is 20.1 Å². The first kappa shape index (κ1) is 32.5. The molecule has 2 rings (SSSR count). The molecule has 2 bridgehead atoms. The molecule has 0 saturated heterocycles. The van der Waals surface area contributed by atoms with E-state index in [1.54, 1.807) is 19.9 Å². The van der Waals surface area contributed by atoms with Gasteiger partial charge in [-0.05, 0) is 30.9 Å². The van der Waals surface area contributed by atoms with E-state index in [1.807, 2.05) is 0 Å². The normalized spacial score (nSPS) is 21.1. The van der Waals surface area contributed by atoms with Gasteiger partial charge in [0.05, 0.1) is 25.2 Å². The van der Waals surface area contributed by atoms with Crippen LogP contribution in [0.5, 0.6) is 0 Å². The second kappa shape index (κ2) is 15.1. The standard InChI is InChI=1S/C25H37N9O7/c1-13(2)20-24(41)34(3)17(8-5-9-28-25(26)27)23(40)30-12-18(35)32-16(10-19(36)37)21(38)29-11-14-6-4-7-15(31-14)22(39)33-20/h4,6-7,13,16-17,20H,5,8-12H2,1-3H3,(H,29,38)(H,30,40)(H,32,35)(H,33,39)(H,36,37)(H4,26,27,28)/t16-,17-,20-/m0/s1. The van der Waals surface area contributed by atoms with Crippen LogP contribution in [0.1, 0.15) is 49.3 Å². The zero-order valence-corrected chi connectivity index (χ0v) is 23.2. The predicted molar refractivity (Wildman–Crippen MR) is 146 cm³/mol. The van der Waals surface area contributed by atoms with Crippen LogP contribution in [-0.2, 0) is 30.5 Å². The summed E-state index contributed by atoms with van der Waals surface area (Å²) in [4.78, 5) is 85.7. The van der Waals surface area contributed by atoms with Crippen molar-refractivity contribution < 1.29 is 33.9 Å². The first-order chi connectivity index (χ1) is 19.3. The number of carboxylic acid groups (broad SMARTS) is 1. The number of hydrogen-bond acceptors (Lipinski definition) is 8. The summed E-state index contributed by atoms with van der Waals surface area (Å²) in [5, 5.41) is 19.1. The van der Waals surface area contributed by atoms with E-state index in [0.717, 1.165) is 0 Å². The van der Waals surface area contributed by atoms with Gasteiger partial charge in [0.15, 0.2) is 5.96 Å². The molecule has 0 fully saturated rings. The number of fused-ring (bicyclic) bond motifs is 2. The summed E-state index contributed by atoms with van der Waals surface area (Å²) < 4.78 is 0. The molecule has 9 N–H and O–H groups in total. The van der Waals surface area contributed by atoms with Gasteiger partial charge in [-0.3, -0.25) is 33.8 Å². The summed E-state index contributed by atoms with van der Waals surface area (Å²) in [6, 6.07) is 0.951. The number of carboxylic acids is 1. The highest BCUT2D eigenvalue weighted by atomic mass is 16.4. The third kappa shape index (κ3) is 10.1. The summed E-state index contributed by atoms with van der Waals surface area (Å²) in [6.07, 6.45) is -0.308. The van der Waals surface area contributed by atoms with E-state index in [-0.39, 0.29) is 42.8 Å². The van der Waals surface area contributed by atoms with Crippen molar-refractivity contribution in [2.24, 2.45) is 22.4 Å². The predicted octanol–water partition coefficient (Wildman–Crippen LogP) is -2.58. The molecule has 224 valence electrons. The van der Waals surface area contributed by atoms with E-state index in [2.05, 4.69) is 31.2 Å². The summed E-state index contributed by atoms with van der Waals surface area (Å²) in [5.41, 5.74) is 11.0. The maximum absolute atomic E-state index is 13.6. The van der Waals surface area contributed by atoms with Crippen LogP contribution in [0.3, 0.4) is 0 Å². The maximum atomic E-state index is 13.6. The Morgan fingerprint density at radius 2 is 1.78 bits per heavy atom. The molecular formula is C25H37N9O7. The average molecular weight is 576 g/mol. The minimum atomic E-state index is -1.45. The Kier molecular flexibility index (Phi) is 12.0. The summed E-state index contributed by atoms with van der Waals surface area (Å²) in [7, 11) is 1.40. The molecule has 2 heterocycles. The number of nitrogens with zero attached hydrogens (tertiary/aromatic N) is 3. The van der Waals surface area contributed by atoms with E-state index in [1.165, 1.54) is 24.1 Å². The lowest BCUT2D eigenvalue weighted by Crippen LogP contribution is -2.57. The van der Waals surface area contributed by atoms with Crippen molar-refractivity contribution in [3.63, 3.8) is 0 Å². The number of amides is 5. The largest absolute Gasteiger partial charge is 0.481 e. The van der Waals surface area contributed by atoms with E-state index in [0.29, 0.717) is 6.42 Å². The third-order valence-corrected chi connectivity index (χ3v) is 6.20. The summed E-state index contributed by atoms with van der Waals surface area (Å²) in [5.74, 6) is -5.35. The van der Waals surface area contributed by atoms with Crippen LogP contribution in [0, 0.1) is 5.92 Å². The van der Waals surface area contributed by atoms with Gasteiger partial charge in [0.2, 0.25) is 23.6 Å². The molecule has 1 aliphatic rings. The zero-order valence-electron chi connectivity index (χ0n) is 23.2. The fraction of sp³-hybridized carbons (Fsp3) is 0.520. The molecule has 0 saturated carbocycles. The molecule has 1 aromatic heterocycles. The molecule has 16 heteroatoms. The number of nitrogens with one attached hydrogen (secondary N) is 4. The average Bonchev–Trinajstić information content (AvgIpc) is 2.91. The minimum absolute atomic E-state index is 0.0270. The fourth-order valence-electron chi connectivity index (χ4n) is 4.01. The van der Waals surface area contributed by atoms with Crippen molar-refractivity contribution in [1.29, 1.82) is 0 Å². The molecule has 0 spiro atoms. The number of likely N-dealkylation sites (N-methyl/N-ethyl adjacent to an activating group) is 1. The molecule has 5 amide bonds. The van der Waals surface area contributed by atoms with Gasteiger partial charge in [0, 0.05) is 13.6 Å². The monoisotopic (exact) mass is 575 g/mol. The highest BCUT2D eigenvalue weighted by Gasteiger charge is 2.34. The molecule has 3 atom stereocenters. The van der Waals surface area contributed by atoms with Gasteiger partial charge in [-0.15, -0.1) is 0 Å². The van der Waals surface area contributed by atoms with Gasteiger partial charge in [-0.2, -0.15) is 0 Å². The van der Waals surface area contributed by atoms with Crippen molar-refractivity contribution in [2.45, 2.75) is 57.8 Å². The number of aromatic nitrogens is 1. The third-order valence-electron chi connectivity index (χ3n) is 6.20. The Bertz CT molecular complexity index is 1180. The zero-order chi connectivity index (χ0) is 30.7. The molecule has 1 aromatic rings. The Labute approximate surface area is 236 Å². The molecule has 0 aromatic carbocycles. The summed E-state index contributed by atoms with van der Waals surface area (Å²) in [6.45, 7) is 2.87. The Morgan fingerprint density at radius 3 is 2.41 bits per heavy atom. The van der Waals surface area contributed by atoms with Crippen LogP contribution in [0.25, 0.3) is 0 Å². The minimum Gasteiger partial charge on any atom is -0.481 e. The number of carbonyl (C=O) groups is 6. The Hall–Kier alpha value is -4.76. The van der Waals surface area contributed by atoms with Gasteiger partial charge in [0.1, 0.15) is 23.8 Å². The topological polar surface area (TPSA) is 251 Å². The molecular weight excluding hydrogens is 538 g/mol. The van der Waals surface area contributed by atoms with Gasteiger partial charge >= 0.3 is 5.97 Å². The highest BCUT2D eigenvalue weighted by molar-refractivity contribution is 5.98. The van der Waals surface area contributed by atoms with Crippen LogP contribution < -0.4 is 32.7 Å². The van der Waals surface area contributed by atoms with E-state index in [4.69, 9.17) is 11.5 Å². The van der Waals surface area contributed by atoms with Gasteiger partial charge in [0.25, 0.3) is 5.91 Å². The number of rotatable bonds is 7. The quantitative estimate of drug-likeness (QED) is 0.102. The molecule has 1 aliphatic heterocycles. The second-order valence-corrected chi connectivity index (χ2v) is 9.78. The number of guanidine groups is 1. The summed E-state index contributed by atoms with van der Waals surface area (Å²) >= 11 is 0. The lowest BCUT2D eigenvalue weighted by molar-refractivity contribution is -0.142. The van der Waals surface area contributed by atoms with Crippen molar-refractivity contribution >= 4 is 41.5 Å². The highest BCUT2D eigenvalue weighted by Crippen LogP contribution is 2.13. The van der Waals surface area contributed by atoms with Crippen molar-refractivity contribution in [3.8, 4) is 0 Å². The molecule has 41 heavy (non-hydrogen) atoms. The van der Waals surface area contributed by atoms with Crippen LogP contribution in [0.2, 0.25) is 0 Å². The molecule has 0 aliphatic carbocycles. The first-order valence-electron chi connectivity index (χ1n) is 13.0. The Morgan fingerprint density at radius 1 is 1.10 bits per heavy atom. The van der Waals surface area contributed by atoms with Crippen molar-refractivity contribution in [1.82, 2.24) is 31.2 Å². The number of hydrogen-bond donors (Lipinski definition) is 7. The molecule has 0 unspecified atom stereocenters. The first-order valence-corrected chi connectivity index (χ1v) is 13.0. The number of nitrogens with two attached hydrogens (primary N) is 2. The SMILES string of the molecule is CC(C)[C@@H]1NC(=O)c2cccc(n2)CNC(=O)[C@H](CC(=O)O)NC(=O)CNC(=O)[C@H](CCCN=C(N)N)N(C)C1=O. The lowest BCUT2D eigenvalue weighted by atomic mass is 10.0. The van der Waals surface area contributed by atoms with Crippen molar-refractivity contribution in [3.05, 3.63) is 29.6 Å². The van der Waals surface area contributed by atoms with Crippen LogP contribution in [0.15, 0.2) is 23.2 Å². The van der Waals surface area contributed by atoms with E-state index < -0.39 is 66.6 Å². The van der Waals surface area contributed by atoms with Crippen LogP contribution in [0.4, 0.5) is 0 Å². The van der Waals surface area contributed by atoms with Gasteiger partial charge in [-0.1, -0.05) is 19.9 Å². The molecule has 0 radical (unpaired) electrons. The van der Waals surface area contributed by atoms with Crippen LogP contribution >= 0.6 is 0 Å². The number of carbonyl (C=O) groups excluding carboxylic acids is 5. The van der Waals surface area contributed by atoms with E-state index in [9.17, 15) is 33.9 Å². The van der Waals surface area contributed by atoms with E-state index >= 15 is 0 Å². The molecule has 16 nitrogen and oxygen atoms in total. The number of aliphatic imine (C=N–C) groups is 1. The number of aliphatic carboxylic acids is 1. The Balaban J connectivity index is 2.45. The van der Waals surface area contributed by atoms with Crippen LogP contribution in [-0.4, -0.2) is 94.7 Å². The van der Waals surface area contributed by atoms with Gasteiger partial charge in [-0.25, -0.2) is 4.98 Å². The van der Waals surface area contributed by atoms with Gasteiger partial charge < -0.3 is 42.7 Å². The smallest absolute Gasteiger partial charge is 0.305 e. The second-order valence-electron chi connectivity index (χ2n) is 9.78. The lowest BCUT2D eigenvalue weighted by Gasteiger charge is -2.32. The fourth-order valence-corrected chi connectivity index (χ4v) is 4.01.